The fourth-order valence-corrected chi connectivity index (χ4v) is 2.24. The molecule has 5 nitrogen and oxygen atoms in total. The Morgan fingerprint density at radius 2 is 2.06 bits per heavy atom. The van der Waals surface area contributed by atoms with Crippen molar-refractivity contribution >= 4 is 16.0 Å². The second-order valence-corrected chi connectivity index (χ2v) is 5.73. The van der Waals surface area contributed by atoms with Gasteiger partial charge >= 0.3 is 5.97 Å². The number of rotatable bonds is 5. The molecule has 0 unspecified atom stereocenters. The smallest absolute Gasteiger partial charge is 0.335 e. The molecule has 6 heteroatoms. The highest BCUT2D eigenvalue weighted by Gasteiger charge is 2.14. The average Bonchev–Trinajstić information content (AvgIpc) is 2.28. The van der Waals surface area contributed by atoms with Crippen molar-refractivity contribution in [2.75, 3.05) is 6.54 Å². The van der Waals surface area contributed by atoms with Crippen molar-refractivity contribution < 1.29 is 18.3 Å². The predicted molar refractivity (Wildman–Crippen MR) is 68.0 cm³/mol. The van der Waals surface area contributed by atoms with E-state index in [1.807, 2.05) is 13.8 Å². The van der Waals surface area contributed by atoms with Crippen LogP contribution in [0, 0.1) is 0 Å². The largest absolute Gasteiger partial charge is 0.478 e. The van der Waals surface area contributed by atoms with Gasteiger partial charge in [-0.05, 0) is 32.0 Å². The molecule has 0 radical (unpaired) electrons. The van der Waals surface area contributed by atoms with E-state index in [0.717, 1.165) is 11.6 Å². The molecule has 0 spiro atoms. The molecule has 0 fully saturated rings. The van der Waals surface area contributed by atoms with Crippen molar-refractivity contribution in [1.29, 1.82) is 0 Å². The monoisotopic (exact) mass is 269 g/mol. The zero-order valence-corrected chi connectivity index (χ0v) is 11.0. The second-order valence-electron chi connectivity index (χ2n) is 3.97. The number of allylic oxidation sites excluding steroid dienone is 1. The molecule has 18 heavy (non-hydrogen) atoms. The highest BCUT2D eigenvalue weighted by Crippen LogP contribution is 2.11. The van der Waals surface area contributed by atoms with Gasteiger partial charge in [0.1, 0.15) is 0 Å². The minimum Gasteiger partial charge on any atom is -0.478 e. The van der Waals surface area contributed by atoms with Crippen LogP contribution < -0.4 is 4.72 Å². The molecule has 0 aliphatic rings. The Hall–Kier alpha value is -1.66. The van der Waals surface area contributed by atoms with Crippen LogP contribution in [0.15, 0.2) is 40.8 Å². The summed E-state index contributed by atoms with van der Waals surface area (Å²) in [5, 5.41) is 8.80. The van der Waals surface area contributed by atoms with Crippen LogP contribution in [-0.2, 0) is 10.0 Å². The van der Waals surface area contributed by atoms with Crippen molar-refractivity contribution in [3.8, 4) is 0 Å². The normalized spacial score (nSPS) is 11.0. The van der Waals surface area contributed by atoms with E-state index in [2.05, 4.69) is 4.72 Å². The first-order valence-corrected chi connectivity index (χ1v) is 6.77. The van der Waals surface area contributed by atoms with Gasteiger partial charge in [0.15, 0.2) is 0 Å². The van der Waals surface area contributed by atoms with Gasteiger partial charge < -0.3 is 5.11 Å². The molecule has 0 aliphatic heterocycles. The summed E-state index contributed by atoms with van der Waals surface area (Å²) in [4.78, 5) is 10.7. The molecular weight excluding hydrogens is 254 g/mol. The Morgan fingerprint density at radius 1 is 1.39 bits per heavy atom. The highest BCUT2D eigenvalue weighted by atomic mass is 32.2. The third-order valence-corrected chi connectivity index (χ3v) is 3.60. The summed E-state index contributed by atoms with van der Waals surface area (Å²) in [5.41, 5.74) is 0.942. The molecule has 0 saturated carbocycles. The number of carboxylic acid groups (broad SMARTS) is 1. The van der Waals surface area contributed by atoms with Crippen LogP contribution in [-0.4, -0.2) is 26.0 Å². The summed E-state index contributed by atoms with van der Waals surface area (Å²) in [5.74, 6) is -1.16. The lowest BCUT2D eigenvalue weighted by molar-refractivity contribution is 0.0696. The molecule has 0 amide bonds. The van der Waals surface area contributed by atoms with Crippen molar-refractivity contribution in [3.05, 3.63) is 41.5 Å². The van der Waals surface area contributed by atoms with Gasteiger partial charge in [-0.2, -0.15) is 0 Å². The number of hydrogen-bond acceptors (Lipinski definition) is 3. The third kappa shape index (κ3) is 3.97. The molecular formula is C12H15NO4S. The standard InChI is InChI=1S/C12H15NO4S/c1-9(2)6-7-13-18(16,17)11-5-3-4-10(8-11)12(14)15/h3-6,8,13H,7H2,1-2H3,(H,14,15). The Bertz CT molecular complexity index is 571. The molecule has 0 bridgehead atoms. The van der Waals surface area contributed by atoms with Gasteiger partial charge in [-0.25, -0.2) is 17.9 Å². The fourth-order valence-electron chi connectivity index (χ4n) is 1.24. The first-order valence-electron chi connectivity index (χ1n) is 5.29. The Balaban J connectivity index is 2.95. The van der Waals surface area contributed by atoms with Gasteiger partial charge in [0, 0.05) is 6.54 Å². The molecule has 0 aromatic heterocycles. The minimum absolute atomic E-state index is 0.0513. The number of nitrogens with one attached hydrogen (secondary N) is 1. The predicted octanol–water partition coefficient (Wildman–Crippen LogP) is 1.63. The van der Waals surface area contributed by atoms with E-state index < -0.39 is 16.0 Å². The number of hydrogen-bond donors (Lipinski definition) is 2. The Morgan fingerprint density at radius 3 is 2.61 bits per heavy atom. The highest BCUT2D eigenvalue weighted by molar-refractivity contribution is 7.89. The van der Waals surface area contributed by atoms with E-state index in [1.54, 1.807) is 6.08 Å². The first-order chi connectivity index (χ1) is 8.33. The van der Waals surface area contributed by atoms with Crippen LogP contribution in [0.2, 0.25) is 0 Å². The molecule has 1 rings (SSSR count). The average molecular weight is 269 g/mol. The molecule has 0 atom stereocenters. The molecule has 1 aromatic carbocycles. The molecule has 2 N–H and O–H groups in total. The van der Waals surface area contributed by atoms with E-state index >= 15 is 0 Å². The summed E-state index contributed by atoms with van der Waals surface area (Å²) in [7, 11) is -3.67. The number of benzene rings is 1. The summed E-state index contributed by atoms with van der Waals surface area (Å²) in [6.07, 6.45) is 1.73. The van der Waals surface area contributed by atoms with Crippen LogP contribution in [0.5, 0.6) is 0 Å². The molecule has 98 valence electrons. The van der Waals surface area contributed by atoms with Crippen LogP contribution in [0.25, 0.3) is 0 Å². The van der Waals surface area contributed by atoms with Crippen molar-refractivity contribution in [2.45, 2.75) is 18.7 Å². The van der Waals surface area contributed by atoms with Crippen molar-refractivity contribution in [2.24, 2.45) is 0 Å². The van der Waals surface area contributed by atoms with Crippen molar-refractivity contribution in [1.82, 2.24) is 4.72 Å². The maximum absolute atomic E-state index is 11.9. The van der Waals surface area contributed by atoms with Gasteiger partial charge in [-0.15, -0.1) is 0 Å². The lowest BCUT2D eigenvalue weighted by Crippen LogP contribution is -2.24. The summed E-state index contributed by atoms with van der Waals surface area (Å²) < 4.78 is 26.1. The zero-order valence-electron chi connectivity index (χ0n) is 10.2. The zero-order chi connectivity index (χ0) is 13.8. The van der Waals surface area contributed by atoms with E-state index in [-0.39, 0.29) is 17.0 Å². The molecule has 0 heterocycles. The van der Waals surface area contributed by atoms with Crippen LogP contribution >= 0.6 is 0 Å². The maximum Gasteiger partial charge on any atom is 0.335 e. The lowest BCUT2D eigenvalue weighted by Gasteiger charge is -2.05. The summed E-state index contributed by atoms with van der Waals surface area (Å²) >= 11 is 0. The van der Waals surface area contributed by atoms with Crippen LogP contribution in [0.4, 0.5) is 0 Å². The minimum atomic E-state index is -3.67. The Kier molecular flexibility index (Phi) is 4.63. The van der Waals surface area contributed by atoms with Gasteiger partial charge in [0.2, 0.25) is 10.0 Å². The van der Waals surface area contributed by atoms with Gasteiger partial charge in [0.25, 0.3) is 0 Å². The van der Waals surface area contributed by atoms with Crippen LogP contribution in [0.3, 0.4) is 0 Å². The first kappa shape index (κ1) is 14.4. The van der Waals surface area contributed by atoms with E-state index in [1.165, 1.54) is 18.2 Å². The SMILES string of the molecule is CC(C)=CCNS(=O)(=O)c1cccc(C(=O)O)c1. The molecule has 0 aliphatic carbocycles. The third-order valence-electron chi connectivity index (χ3n) is 2.17. The maximum atomic E-state index is 11.9. The molecule has 1 aromatic rings. The van der Waals surface area contributed by atoms with Crippen molar-refractivity contribution in [3.63, 3.8) is 0 Å². The lowest BCUT2D eigenvalue weighted by atomic mass is 10.2. The number of sulfonamides is 1. The van der Waals surface area contributed by atoms with Gasteiger partial charge in [-0.3, -0.25) is 0 Å². The fraction of sp³-hybridized carbons (Fsp3) is 0.250. The van der Waals surface area contributed by atoms with E-state index in [9.17, 15) is 13.2 Å². The number of carboxylic acids is 1. The number of aromatic carboxylic acids is 1. The topological polar surface area (TPSA) is 83.5 Å². The van der Waals surface area contributed by atoms with Gasteiger partial charge in [0.05, 0.1) is 10.5 Å². The van der Waals surface area contributed by atoms with Gasteiger partial charge in [-0.1, -0.05) is 17.7 Å². The summed E-state index contributed by atoms with van der Waals surface area (Å²) in [6, 6.07) is 5.24. The quantitative estimate of drug-likeness (QED) is 0.796. The number of carbonyl (C=O) groups is 1. The Labute approximate surface area is 106 Å². The van der Waals surface area contributed by atoms with E-state index in [0.29, 0.717) is 0 Å². The van der Waals surface area contributed by atoms with E-state index in [4.69, 9.17) is 5.11 Å². The van der Waals surface area contributed by atoms with Crippen LogP contribution in [0.1, 0.15) is 24.2 Å². The summed E-state index contributed by atoms with van der Waals surface area (Å²) in [6.45, 7) is 3.90. The second kappa shape index (κ2) is 5.79. The molecule has 0 saturated heterocycles.